The van der Waals surface area contributed by atoms with E-state index in [0.29, 0.717) is 17.5 Å². The van der Waals surface area contributed by atoms with Crippen LogP contribution in [-0.4, -0.2) is 4.98 Å². The summed E-state index contributed by atoms with van der Waals surface area (Å²) in [4.78, 5) is 4.03. The molecule has 0 saturated carbocycles. The largest absolute Gasteiger partial charge is 0.489 e. The maximum Gasteiger partial charge on any atom is 0.124 e. The highest BCUT2D eigenvalue weighted by atomic mass is 35.5. The quantitative estimate of drug-likeness (QED) is 0.780. The number of alkyl halides is 1. The summed E-state index contributed by atoms with van der Waals surface area (Å²) in [5.41, 5.74) is 1.91. The lowest BCUT2D eigenvalue weighted by molar-refractivity contribution is 0.303. The van der Waals surface area contributed by atoms with E-state index < -0.39 is 0 Å². The average molecular weight is 268 g/mol. The van der Waals surface area contributed by atoms with Crippen molar-refractivity contribution in [1.82, 2.24) is 4.98 Å². The van der Waals surface area contributed by atoms with Crippen LogP contribution in [0, 0.1) is 0 Å². The van der Waals surface area contributed by atoms with E-state index in [4.69, 9.17) is 27.9 Å². The topological polar surface area (TPSA) is 22.1 Å². The first kappa shape index (κ1) is 12.2. The lowest BCUT2D eigenvalue weighted by Gasteiger charge is -2.10. The summed E-state index contributed by atoms with van der Waals surface area (Å²) >= 11 is 11.7. The standard InChI is InChI=1S/C13H11Cl2NO/c14-7-11-6-12(15)3-4-13(11)17-9-10-2-1-5-16-8-10/h1-6,8H,7,9H2. The molecule has 4 heteroatoms. The summed E-state index contributed by atoms with van der Waals surface area (Å²) < 4.78 is 5.69. The van der Waals surface area contributed by atoms with E-state index in [9.17, 15) is 0 Å². The minimum Gasteiger partial charge on any atom is -0.489 e. The summed E-state index contributed by atoms with van der Waals surface area (Å²) in [6.45, 7) is 0.472. The second-order valence-corrected chi connectivity index (χ2v) is 4.24. The van der Waals surface area contributed by atoms with Crippen LogP contribution in [0.25, 0.3) is 0 Å². The maximum absolute atomic E-state index is 5.89. The number of ether oxygens (including phenoxy) is 1. The number of nitrogens with zero attached hydrogens (tertiary/aromatic N) is 1. The van der Waals surface area contributed by atoms with Gasteiger partial charge in [0.15, 0.2) is 0 Å². The van der Waals surface area contributed by atoms with Crippen LogP contribution in [0.4, 0.5) is 0 Å². The number of hydrogen-bond donors (Lipinski definition) is 0. The Morgan fingerprint density at radius 2 is 2.12 bits per heavy atom. The van der Waals surface area contributed by atoms with Crippen molar-refractivity contribution in [3.05, 3.63) is 58.9 Å². The van der Waals surface area contributed by atoms with Crippen LogP contribution < -0.4 is 4.74 Å². The molecule has 0 aliphatic heterocycles. The Balaban J connectivity index is 2.09. The molecule has 0 amide bonds. The van der Waals surface area contributed by atoms with Crippen molar-refractivity contribution >= 4 is 23.2 Å². The Labute approximate surface area is 110 Å². The third kappa shape index (κ3) is 3.35. The Morgan fingerprint density at radius 3 is 2.82 bits per heavy atom. The van der Waals surface area contributed by atoms with Gasteiger partial charge in [-0.2, -0.15) is 0 Å². The fraction of sp³-hybridized carbons (Fsp3) is 0.154. The second kappa shape index (κ2) is 5.89. The van der Waals surface area contributed by atoms with Crippen LogP contribution in [-0.2, 0) is 12.5 Å². The monoisotopic (exact) mass is 267 g/mol. The molecule has 2 rings (SSSR count). The molecule has 88 valence electrons. The Bertz CT molecular complexity index is 488. The number of pyridine rings is 1. The predicted octanol–water partition coefficient (Wildman–Crippen LogP) is 4.05. The van der Waals surface area contributed by atoms with Gasteiger partial charge in [-0.3, -0.25) is 4.98 Å². The molecule has 0 spiro atoms. The fourth-order valence-corrected chi connectivity index (χ4v) is 1.84. The molecular weight excluding hydrogens is 257 g/mol. The molecule has 2 aromatic rings. The lowest BCUT2D eigenvalue weighted by Crippen LogP contribution is -1.98. The molecule has 0 radical (unpaired) electrons. The lowest BCUT2D eigenvalue weighted by atomic mass is 10.2. The predicted molar refractivity (Wildman–Crippen MR) is 69.6 cm³/mol. The molecule has 0 aliphatic rings. The molecule has 0 unspecified atom stereocenters. The zero-order valence-electron chi connectivity index (χ0n) is 9.07. The van der Waals surface area contributed by atoms with Crippen LogP contribution in [0.15, 0.2) is 42.7 Å². The first-order chi connectivity index (χ1) is 8.29. The molecule has 0 fully saturated rings. The summed E-state index contributed by atoms with van der Waals surface area (Å²) in [5.74, 6) is 1.14. The zero-order valence-corrected chi connectivity index (χ0v) is 10.6. The van der Waals surface area contributed by atoms with Gasteiger partial charge in [0, 0.05) is 28.5 Å². The number of hydrogen-bond acceptors (Lipinski definition) is 2. The molecule has 0 bridgehead atoms. The number of aromatic nitrogens is 1. The van der Waals surface area contributed by atoms with E-state index >= 15 is 0 Å². The molecule has 0 aliphatic carbocycles. The third-order valence-electron chi connectivity index (χ3n) is 2.28. The van der Waals surface area contributed by atoms with E-state index in [0.717, 1.165) is 16.9 Å². The van der Waals surface area contributed by atoms with Crippen molar-refractivity contribution < 1.29 is 4.74 Å². The van der Waals surface area contributed by atoms with Crippen molar-refractivity contribution in [2.45, 2.75) is 12.5 Å². The number of rotatable bonds is 4. The van der Waals surface area contributed by atoms with Crippen molar-refractivity contribution in [1.29, 1.82) is 0 Å². The molecule has 1 aromatic carbocycles. The van der Waals surface area contributed by atoms with Gasteiger partial charge in [-0.1, -0.05) is 17.7 Å². The van der Waals surface area contributed by atoms with Crippen LogP contribution >= 0.6 is 23.2 Å². The molecule has 1 heterocycles. The van der Waals surface area contributed by atoms with E-state index in [-0.39, 0.29) is 0 Å². The highest BCUT2D eigenvalue weighted by molar-refractivity contribution is 6.30. The third-order valence-corrected chi connectivity index (χ3v) is 2.81. The second-order valence-electron chi connectivity index (χ2n) is 3.54. The number of halogens is 2. The van der Waals surface area contributed by atoms with Gasteiger partial charge in [0.1, 0.15) is 12.4 Å². The normalized spacial score (nSPS) is 10.2. The maximum atomic E-state index is 5.89. The van der Waals surface area contributed by atoms with Crippen LogP contribution in [0.1, 0.15) is 11.1 Å². The molecule has 17 heavy (non-hydrogen) atoms. The zero-order chi connectivity index (χ0) is 12.1. The average Bonchev–Trinajstić information content (AvgIpc) is 2.38. The van der Waals surface area contributed by atoms with E-state index in [2.05, 4.69) is 4.98 Å². The molecular formula is C13H11Cl2NO. The van der Waals surface area contributed by atoms with Crippen molar-refractivity contribution in [2.75, 3.05) is 0 Å². The minimum absolute atomic E-state index is 0.378. The van der Waals surface area contributed by atoms with Gasteiger partial charge >= 0.3 is 0 Å². The molecule has 0 atom stereocenters. The van der Waals surface area contributed by atoms with Gasteiger partial charge in [-0.25, -0.2) is 0 Å². The van der Waals surface area contributed by atoms with Gasteiger partial charge < -0.3 is 4.74 Å². The van der Waals surface area contributed by atoms with Gasteiger partial charge in [-0.15, -0.1) is 11.6 Å². The minimum atomic E-state index is 0.378. The highest BCUT2D eigenvalue weighted by Gasteiger charge is 2.04. The molecule has 0 saturated heterocycles. The SMILES string of the molecule is ClCc1cc(Cl)ccc1OCc1cccnc1. The Kier molecular flexibility index (Phi) is 4.24. The van der Waals surface area contributed by atoms with Gasteiger partial charge in [0.25, 0.3) is 0 Å². The first-order valence-corrected chi connectivity index (χ1v) is 6.07. The first-order valence-electron chi connectivity index (χ1n) is 5.15. The summed E-state index contributed by atoms with van der Waals surface area (Å²) in [7, 11) is 0. The van der Waals surface area contributed by atoms with Crippen molar-refractivity contribution in [2.24, 2.45) is 0 Å². The number of benzene rings is 1. The Morgan fingerprint density at radius 1 is 1.24 bits per heavy atom. The van der Waals surface area contributed by atoms with Crippen LogP contribution in [0.3, 0.4) is 0 Å². The summed E-state index contributed by atoms with van der Waals surface area (Å²) in [5, 5.41) is 0.661. The summed E-state index contributed by atoms with van der Waals surface area (Å²) in [6.07, 6.45) is 3.51. The van der Waals surface area contributed by atoms with Gasteiger partial charge in [-0.05, 0) is 24.3 Å². The van der Waals surface area contributed by atoms with E-state index in [1.807, 2.05) is 24.3 Å². The van der Waals surface area contributed by atoms with Crippen molar-refractivity contribution in [3.8, 4) is 5.75 Å². The van der Waals surface area contributed by atoms with E-state index in [1.165, 1.54) is 0 Å². The van der Waals surface area contributed by atoms with E-state index in [1.54, 1.807) is 18.5 Å². The molecule has 0 N–H and O–H groups in total. The van der Waals surface area contributed by atoms with Gasteiger partial charge in [0.2, 0.25) is 0 Å². The molecule has 1 aromatic heterocycles. The van der Waals surface area contributed by atoms with Crippen LogP contribution in [0.5, 0.6) is 5.75 Å². The Hall–Kier alpha value is -1.25. The highest BCUT2D eigenvalue weighted by Crippen LogP contribution is 2.25. The van der Waals surface area contributed by atoms with Crippen molar-refractivity contribution in [3.63, 3.8) is 0 Å². The fourth-order valence-electron chi connectivity index (χ4n) is 1.44. The van der Waals surface area contributed by atoms with Gasteiger partial charge in [0.05, 0.1) is 5.88 Å². The summed E-state index contributed by atoms with van der Waals surface area (Å²) in [6, 6.07) is 9.27. The van der Waals surface area contributed by atoms with Crippen LogP contribution in [0.2, 0.25) is 5.02 Å². The molecule has 2 nitrogen and oxygen atoms in total. The smallest absolute Gasteiger partial charge is 0.124 e.